The van der Waals surface area contributed by atoms with Gasteiger partial charge in [0.1, 0.15) is 0 Å². The van der Waals surface area contributed by atoms with Crippen LogP contribution in [0.1, 0.15) is 5.56 Å². The molecule has 0 unspecified atom stereocenters. The van der Waals surface area contributed by atoms with Gasteiger partial charge >= 0.3 is 0 Å². The van der Waals surface area contributed by atoms with Crippen LogP contribution >= 0.6 is 23.2 Å². The standard InChI is InChI=1S/C15H10Cl2N2O/c16-9-1-4-11(5-2-9)18-8-13-12-6-3-10(17)7-14(12)19-15(13)20/h1-8,19-20H. The molecule has 0 radical (unpaired) electrons. The molecule has 2 N–H and O–H groups in total. The molecule has 3 rings (SSSR count). The molecule has 0 spiro atoms. The van der Waals surface area contributed by atoms with E-state index in [4.69, 9.17) is 23.2 Å². The third kappa shape index (κ3) is 2.50. The molecular formula is C15H10Cl2N2O. The zero-order valence-electron chi connectivity index (χ0n) is 10.3. The maximum Gasteiger partial charge on any atom is 0.198 e. The Morgan fingerprint density at radius 2 is 1.70 bits per heavy atom. The van der Waals surface area contributed by atoms with E-state index in [9.17, 15) is 5.11 Å². The third-order valence-electron chi connectivity index (χ3n) is 2.95. The summed E-state index contributed by atoms with van der Waals surface area (Å²) in [7, 11) is 0. The second-order valence-electron chi connectivity index (χ2n) is 4.31. The summed E-state index contributed by atoms with van der Waals surface area (Å²) in [6.07, 6.45) is 1.62. The Hall–Kier alpha value is -1.97. The summed E-state index contributed by atoms with van der Waals surface area (Å²) in [5, 5.41) is 12.1. The lowest BCUT2D eigenvalue weighted by Crippen LogP contribution is -1.78. The first-order valence-electron chi connectivity index (χ1n) is 5.93. The van der Waals surface area contributed by atoms with Crippen molar-refractivity contribution in [2.24, 2.45) is 4.99 Å². The van der Waals surface area contributed by atoms with Crippen LogP contribution in [-0.4, -0.2) is 16.3 Å². The first kappa shape index (κ1) is 13.0. The number of aromatic nitrogens is 1. The van der Waals surface area contributed by atoms with Gasteiger partial charge in [0.05, 0.1) is 16.8 Å². The lowest BCUT2D eigenvalue weighted by atomic mass is 10.2. The molecule has 0 aliphatic carbocycles. The van der Waals surface area contributed by atoms with Crippen molar-refractivity contribution in [2.75, 3.05) is 0 Å². The van der Waals surface area contributed by atoms with Crippen molar-refractivity contribution in [3.63, 3.8) is 0 Å². The molecule has 0 aliphatic rings. The lowest BCUT2D eigenvalue weighted by Gasteiger charge is -1.95. The molecule has 3 nitrogen and oxygen atoms in total. The number of aromatic hydroxyl groups is 1. The number of H-pyrrole nitrogens is 1. The summed E-state index contributed by atoms with van der Waals surface area (Å²) < 4.78 is 0. The van der Waals surface area contributed by atoms with Crippen molar-refractivity contribution in [2.45, 2.75) is 0 Å². The van der Waals surface area contributed by atoms with Crippen LogP contribution in [0, 0.1) is 0 Å². The largest absolute Gasteiger partial charge is 0.494 e. The predicted molar refractivity (Wildman–Crippen MR) is 83.7 cm³/mol. The van der Waals surface area contributed by atoms with Crippen molar-refractivity contribution in [1.82, 2.24) is 4.98 Å². The van der Waals surface area contributed by atoms with Crippen LogP contribution in [0.4, 0.5) is 5.69 Å². The number of aliphatic imine (C=N–C) groups is 1. The number of halogens is 2. The monoisotopic (exact) mass is 304 g/mol. The van der Waals surface area contributed by atoms with E-state index in [-0.39, 0.29) is 5.88 Å². The molecular weight excluding hydrogens is 295 g/mol. The number of nitrogens with one attached hydrogen (secondary N) is 1. The average Bonchev–Trinajstić information content (AvgIpc) is 2.73. The first-order chi connectivity index (χ1) is 9.63. The Morgan fingerprint density at radius 3 is 2.45 bits per heavy atom. The van der Waals surface area contributed by atoms with Crippen LogP contribution in [0.15, 0.2) is 47.5 Å². The van der Waals surface area contributed by atoms with Gasteiger partial charge in [-0.2, -0.15) is 0 Å². The maximum absolute atomic E-state index is 9.94. The van der Waals surface area contributed by atoms with Crippen LogP contribution in [-0.2, 0) is 0 Å². The van der Waals surface area contributed by atoms with Crippen LogP contribution in [0.3, 0.4) is 0 Å². The van der Waals surface area contributed by atoms with Crippen LogP contribution in [0.25, 0.3) is 10.9 Å². The summed E-state index contributed by atoms with van der Waals surface area (Å²) in [6, 6.07) is 12.5. The number of aromatic amines is 1. The number of rotatable bonds is 2. The van der Waals surface area contributed by atoms with Gasteiger partial charge in [0.15, 0.2) is 5.88 Å². The number of nitrogens with zero attached hydrogens (tertiary/aromatic N) is 1. The van der Waals surface area contributed by atoms with Gasteiger partial charge in [0.25, 0.3) is 0 Å². The molecule has 0 saturated carbocycles. The van der Waals surface area contributed by atoms with E-state index in [1.807, 2.05) is 18.2 Å². The van der Waals surface area contributed by atoms with Crippen LogP contribution < -0.4 is 0 Å². The van der Waals surface area contributed by atoms with Gasteiger partial charge in [-0.25, -0.2) is 0 Å². The molecule has 0 aliphatic heterocycles. The lowest BCUT2D eigenvalue weighted by molar-refractivity contribution is 0.457. The Labute approximate surface area is 125 Å². The summed E-state index contributed by atoms with van der Waals surface area (Å²) >= 11 is 11.7. The second-order valence-corrected chi connectivity index (χ2v) is 5.18. The number of hydrogen-bond donors (Lipinski definition) is 2. The van der Waals surface area contributed by atoms with E-state index in [1.54, 1.807) is 30.5 Å². The Balaban J connectivity index is 2.02. The first-order valence-corrected chi connectivity index (χ1v) is 6.69. The Morgan fingerprint density at radius 1 is 1.00 bits per heavy atom. The van der Waals surface area contributed by atoms with E-state index in [0.29, 0.717) is 15.6 Å². The molecule has 1 aromatic heterocycles. The van der Waals surface area contributed by atoms with Gasteiger partial charge < -0.3 is 10.1 Å². The fourth-order valence-electron chi connectivity index (χ4n) is 1.97. The zero-order chi connectivity index (χ0) is 14.1. The van der Waals surface area contributed by atoms with Gasteiger partial charge in [-0.3, -0.25) is 4.99 Å². The van der Waals surface area contributed by atoms with Crippen molar-refractivity contribution < 1.29 is 5.11 Å². The van der Waals surface area contributed by atoms with E-state index >= 15 is 0 Å². The molecule has 0 saturated heterocycles. The number of fused-ring (bicyclic) bond motifs is 1. The summed E-state index contributed by atoms with van der Waals surface area (Å²) in [5.41, 5.74) is 2.16. The highest BCUT2D eigenvalue weighted by molar-refractivity contribution is 6.31. The minimum absolute atomic E-state index is 0.0694. The molecule has 5 heteroatoms. The highest BCUT2D eigenvalue weighted by Gasteiger charge is 2.08. The molecule has 20 heavy (non-hydrogen) atoms. The van der Waals surface area contributed by atoms with E-state index in [1.165, 1.54) is 0 Å². The van der Waals surface area contributed by atoms with E-state index in [2.05, 4.69) is 9.98 Å². The van der Waals surface area contributed by atoms with Crippen molar-refractivity contribution in [3.8, 4) is 5.88 Å². The summed E-state index contributed by atoms with van der Waals surface area (Å²) in [6.45, 7) is 0. The molecule has 100 valence electrons. The maximum atomic E-state index is 9.94. The minimum Gasteiger partial charge on any atom is -0.494 e. The average molecular weight is 305 g/mol. The topological polar surface area (TPSA) is 48.4 Å². The smallest absolute Gasteiger partial charge is 0.198 e. The minimum atomic E-state index is 0.0694. The molecule has 3 aromatic rings. The molecule has 0 bridgehead atoms. The van der Waals surface area contributed by atoms with E-state index in [0.717, 1.165) is 16.6 Å². The summed E-state index contributed by atoms with van der Waals surface area (Å²) in [4.78, 5) is 7.20. The van der Waals surface area contributed by atoms with Gasteiger partial charge in [-0.05, 0) is 36.4 Å². The normalized spacial score (nSPS) is 11.5. The number of benzene rings is 2. The second kappa shape index (κ2) is 5.19. The summed E-state index contributed by atoms with van der Waals surface area (Å²) in [5.74, 6) is 0.0694. The molecule has 1 heterocycles. The van der Waals surface area contributed by atoms with Crippen LogP contribution in [0.2, 0.25) is 10.0 Å². The fourth-order valence-corrected chi connectivity index (χ4v) is 2.27. The Bertz CT molecular complexity index is 791. The Kier molecular flexibility index (Phi) is 3.38. The molecule has 0 fully saturated rings. The highest BCUT2D eigenvalue weighted by atomic mass is 35.5. The van der Waals surface area contributed by atoms with Crippen molar-refractivity contribution >= 4 is 46.0 Å². The van der Waals surface area contributed by atoms with Crippen molar-refractivity contribution in [1.29, 1.82) is 0 Å². The van der Waals surface area contributed by atoms with Gasteiger partial charge in [-0.15, -0.1) is 0 Å². The van der Waals surface area contributed by atoms with E-state index < -0.39 is 0 Å². The fraction of sp³-hybridized carbons (Fsp3) is 0. The quantitative estimate of drug-likeness (QED) is 0.648. The molecule has 2 aromatic carbocycles. The number of hydrogen-bond acceptors (Lipinski definition) is 2. The van der Waals surface area contributed by atoms with Gasteiger partial charge in [0.2, 0.25) is 0 Å². The highest BCUT2D eigenvalue weighted by Crippen LogP contribution is 2.28. The molecule has 0 atom stereocenters. The van der Waals surface area contributed by atoms with Crippen LogP contribution in [0.5, 0.6) is 5.88 Å². The SMILES string of the molecule is Oc1[nH]c2cc(Cl)ccc2c1C=Nc1ccc(Cl)cc1. The van der Waals surface area contributed by atoms with Gasteiger partial charge in [-0.1, -0.05) is 29.3 Å². The van der Waals surface area contributed by atoms with Gasteiger partial charge in [0, 0.05) is 21.6 Å². The van der Waals surface area contributed by atoms with Crippen molar-refractivity contribution in [3.05, 3.63) is 58.1 Å². The molecule has 0 amide bonds. The third-order valence-corrected chi connectivity index (χ3v) is 3.44. The predicted octanol–water partition coefficient (Wildman–Crippen LogP) is 4.93. The zero-order valence-corrected chi connectivity index (χ0v) is 11.8.